The standard InChI is InChI=1S/2C26H25O.C2H6Si.2ClH.Zr/c2*1-16(2)18-8-10-19(11-9-18)26-23-6-4-5-20(23)13-21-14-22(15-24(21)26)25-12-7-17(3)27-25;1-3-2;;;/h2*7-16H,4-6H2,1-3H3;1-2H3;2*1H;/q2*-1;;;;+4/p-2. The van der Waals surface area contributed by atoms with Gasteiger partial charge in [-0.05, 0) is 122 Å². The fourth-order valence-electron chi connectivity index (χ4n) is 9.04. The van der Waals surface area contributed by atoms with Crippen molar-refractivity contribution < 1.29 is 29.7 Å². The fraction of sp³-hybridized carbons (Fsp3) is 0.296. The minimum absolute atomic E-state index is 0.563. The Hall–Kier alpha value is -3.66. The van der Waals surface area contributed by atoms with E-state index in [0.717, 1.165) is 32.6 Å². The summed E-state index contributed by atoms with van der Waals surface area (Å²) >= 11 is -0.826. The van der Waals surface area contributed by atoms with Crippen LogP contribution in [0.4, 0.5) is 0 Å². The number of halogens is 2. The molecule has 6 heteroatoms. The van der Waals surface area contributed by atoms with Crippen LogP contribution in [0, 0.1) is 13.8 Å². The van der Waals surface area contributed by atoms with Gasteiger partial charge in [-0.2, -0.15) is 0 Å². The van der Waals surface area contributed by atoms with Gasteiger partial charge in [-0.15, -0.1) is 57.9 Å². The van der Waals surface area contributed by atoms with E-state index in [4.69, 9.17) is 25.9 Å². The number of hydrogen-bond acceptors (Lipinski definition) is 2. The monoisotopic (exact) mass is 924 g/mol. The number of rotatable bonds is 6. The molecule has 0 atom stereocenters. The van der Waals surface area contributed by atoms with Gasteiger partial charge in [0.25, 0.3) is 0 Å². The summed E-state index contributed by atoms with van der Waals surface area (Å²) in [5.74, 6) is 4.97. The van der Waals surface area contributed by atoms with E-state index < -0.39 is 20.8 Å². The summed E-state index contributed by atoms with van der Waals surface area (Å²) in [6.07, 6.45) is 7.30. The predicted molar refractivity (Wildman–Crippen MR) is 256 cm³/mol. The number of furan rings is 2. The van der Waals surface area contributed by atoms with E-state index in [1.807, 2.05) is 26.0 Å². The molecule has 2 aliphatic rings. The number of hydrogen-bond donors (Lipinski definition) is 0. The summed E-state index contributed by atoms with van der Waals surface area (Å²) in [6, 6.07) is 40.7. The maximum absolute atomic E-state index is 5.89. The van der Waals surface area contributed by atoms with Crippen LogP contribution in [-0.4, -0.2) is 9.52 Å². The molecule has 0 saturated heterocycles. The molecule has 10 rings (SSSR count). The molecule has 0 fully saturated rings. The van der Waals surface area contributed by atoms with Crippen molar-refractivity contribution in [3.63, 3.8) is 0 Å². The molecule has 0 saturated carbocycles. The molecule has 2 heterocycles. The molecule has 0 unspecified atom stereocenters. The molecular formula is C54H56Cl2O2SiZr. The van der Waals surface area contributed by atoms with Crippen LogP contribution in [0.3, 0.4) is 0 Å². The van der Waals surface area contributed by atoms with Crippen LogP contribution < -0.4 is 0 Å². The quantitative estimate of drug-likeness (QED) is 0.123. The van der Waals surface area contributed by atoms with Crippen LogP contribution >= 0.6 is 17.0 Å². The molecule has 8 aromatic rings. The molecule has 0 bridgehead atoms. The van der Waals surface area contributed by atoms with Gasteiger partial charge in [0.2, 0.25) is 0 Å². The summed E-state index contributed by atoms with van der Waals surface area (Å²) in [5.41, 5.74) is 16.9. The first-order valence-electron chi connectivity index (χ1n) is 21.4. The van der Waals surface area contributed by atoms with E-state index in [1.165, 1.54) is 116 Å². The maximum atomic E-state index is 5.89. The second kappa shape index (κ2) is 20.0. The molecule has 2 radical (unpaired) electrons. The Balaban J connectivity index is 0.000000161. The van der Waals surface area contributed by atoms with Crippen molar-refractivity contribution in [3.8, 4) is 44.9 Å². The third kappa shape index (κ3) is 9.69. The van der Waals surface area contributed by atoms with Crippen LogP contribution in [-0.2, 0) is 46.5 Å². The molecule has 6 aromatic carbocycles. The first kappa shape index (κ1) is 44.4. The molecule has 0 spiro atoms. The van der Waals surface area contributed by atoms with Crippen molar-refractivity contribution in [2.45, 2.75) is 105 Å². The Morgan fingerprint density at radius 3 is 1.23 bits per heavy atom. The zero-order chi connectivity index (χ0) is 42.5. The number of benzene rings is 4. The van der Waals surface area contributed by atoms with Gasteiger partial charge in [-0.1, -0.05) is 123 Å². The zero-order valence-electron chi connectivity index (χ0n) is 36.4. The van der Waals surface area contributed by atoms with Gasteiger partial charge in [0.1, 0.15) is 0 Å². The Bertz CT molecular complexity index is 2480. The van der Waals surface area contributed by atoms with Crippen molar-refractivity contribution in [1.82, 2.24) is 0 Å². The summed E-state index contributed by atoms with van der Waals surface area (Å²) in [4.78, 5) is 0. The van der Waals surface area contributed by atoms with Crippen LogP contribution in [0.1, 0.15) is 97.3 Å². The van der Waals surface area contributed by atoms with Crippen molar-refractivity contribution >= 4 is 48.1 Å². The summed E-state index contributed by atoms with van der Waals surface area (Å²) in [6.45, 7) is 17.3. The van der Waals surface area contributed by atoms with E-state index in [2.05, 4.69) is 138 Å². The average molecular weight is 927 g/mol. The van der Waals surface area contributed by atoms with Crippen molar-refractivity contribution in [2.75, 3.05) is 0 Å². The Morgan fingerprint density at radius 2 is 0.917 bits per heavy atom. The number of fused-ring (bicyclic) bond motifs is 4. The molecule has 0 N–H and O–H groups in total. The summed E-state index contributed by atoms with van der Waals surface area (Å²) in [5, 5.41) is 5.39. The molecule has 306 valence electrons. The first-order valence-corrected chi connectivity index (χ1v) is 29.8. The van der Waals surface area contributed by atoms with Crippen molar-refractivity contribution in [3.05, 3.63) is 154 Å². The van der Waals surface area contributed by atoms with E-state index in [-0.39, 0.29) is 0 Å². The molecule has 2 aliphatic carbocycles. The topological polar surface area (TPSA) is 26.3 Å². The molecule has 0 amide bonds. The Morgan fingerprint density at radius 1 is 0.550 bits per heavy atom. The predicted octanol–water partition coefficient (Wildman–Crippen LogP) is 17.0. The van der Waals surface area contributed by atoms with Crippen LogP contribution in [0.2, 0.25) is 13.1 Å². The molecule has 2 nitrogen and oxygen atoms in total. The molecular weight excluding hydrogens is 871 g/mol. The van der Waals surface area contributed by atoms with Crippen LogP contribution in [0.15, 0.2) is 118 Å². The molecule has 60 heavy (non-hydrogen) atoms. The molecule has 2 aromatic heterocycles. The van der Waals surface area contributed by atoms with Crippen molar-refractivity contribution in [1.29, 1.82) is 0 Å². The van der Waals surface area contributed by atoms with Gasteiger partial charge >= 0.3 is 37.9 Å². The van der Waals surface area contributed by atoms with Gasteiger partial charge in [0.15, 0.2) is 0 Å². The van der Waals surface area contributed by atoms with Crippen LogP contribution in [0.5, 0.6) is 0 Å². The zero-order valence-corrected chi connectivity index (χ0v) is 41.3. The molecule has 0 aliphatic heterocycles. The van der Waals surface area contributed by atoms with E-state index in [1.54, 1.807) is 11.1 Å². The van der Waals surface area contributed by atoms with E-state index in [0.29, 0.717) is 11.8 Å². The Labute approximate surface area is 378 Å². The fourth-order valence-corrected chi connectivity index (χ4v) is 9.04. The third-order valence-corrected chi connectivity index (χ3v) is 11.9. The number of aryl methyl sites for hydroxylation is 4. The normalized spacial score (nSPS) is 12.7. The summed E-state index contributed by atoms with van der Waals surface area (Å²) < 4.78 is 11.8. The second-order valence-corrected chi connectivity index (χ2v) is 21.7. The average Bonchev–Trinajstić information content (AvgIpc) is 4.10. The van der Waals surface area contributed by atoms with Gasteiger partial charge in [0, 0.05) is 9.52 Å². The first-order chi connectivity index (χ1) is 29.0. The third-order valence-electron chi connectivity index (χ3n) is 11.9. The minimum atomic E-state index is -0.826. The van der Waals surface area contributed by atoms with Gasteiger partial charge in [0.05, 0.1) is 23.0 Å². The Kier molecular flexibility index (Phi) is 14.8. The van der Waals surface area contributed by atoms with E-state index in [9.17, 15) is 0 Å². The second-order valence-electron chi connectivity index (χ2n) is 16.9. The SMILES string of the molecule is C[Si]C.Cc1ccc(-c2cc3c(-c4ccc(C(C)C)cc4)c4c(cc3[cH-]2)CCC4)o1.Cc1ccc(-c2cc3c(-c4ccc(C(C)C)cc4)c4c(cc3[cH-]2)CCC4)o1.[Cl][Zr+2][Cl]. The van der Waals surface area contributed by atoms with Crippen molar-refractivity contribution in [2.24, 2.45) is 0 Å². The van der Waals surface area contributed by atoms with Gasteiger partial charge in [-0.25, -0.2) is 0 Å². The van der Waals surface area contributed by atoms with Crippen LogP contribution in [0.25, 0.3) is 66.4 Å². The van der Waals surface area contributed by atoms with Gasteiger partial charge in [-0.3, -0.25) is 0 Å². The van der Waals surface area contributed by atoms with E-state index >= 15 is 0 Å². The van der Waals surface area contributed by atoms with Gasteiger partial charge < -0.3 is 8.83 Å². The summed E-state index contributed by atoms with van der Waals surface area (Å²) in [7, 11) is 11.0.